The number of benzene rings is 2. The number of aliphatic hydroxyl groups is 3. The molecule has 9 heteroatoms. The fourth-order valence-corrected chi connectivity index (χ4v) is 9.17. The zero-order chi connectivity index (χ0) is 32.5. The summed E-state index contributed by atoms with van der Waals surface area (Å²) >= 11 is 0. The van der Waals surface area contributed by atoms with Crippen LogP contribution >= 0.6 is 0 Å². The maximum absolute atomic E-state index is 14.3. The molecule has 1 amide bonds. The van der Waals surface area contributed by atoms with Gasteiger partial charge < -0.3 is 26.2 Å². The molecule has 240 valence electrons. The van der Waals surface area contributed by atoms with Crippen LogP contribution in [0.25, 0.3) is 16.9 Å². The molecule has 2 aromatic carbocycles. The number of carbonyl (C=O) groups is 2. The maximum Gasteiger partial charge on any atom is 0.251 e. The standard InChI is InChI=1S/C36H45N3O6/c1-18-11-19(2)16-39(15-18)17-20-7-6-8-21(12-20)23-9-10-26(40)28-24(23)13-22-14-25-29(33(42)27(22)32(28)41)36(3,45)30(35(37)44)34(43)31(25)38(4)5/h6-10,12,18-19,22,25,29,31,40-41,43,45H,11,13-17H2,1-5H3,(H2,37,44)/t18?,19?,22?,25?,29?,31-,36-/m0/s1. The van der Waals surface area contributed by atoms with Crippen molar-refractivity contribution in [1.29, 1.82) is 0 Å². The first kappa shape index (κ1) is 31.3. The molecule has 2 aromatic rings. The lowest BCUT2D eigenvalue weighted by molar-refractivity contribution is -0.139. The number of carbonyl (C=O) groups excluding carboxylic acids is 2. The third kappa shape index (κ3) is 5.15. The third-order valence-electron chi connectivity index (χ3n) is 10.6. The molecule has 7 atom stereocenters. The van der Waals surface area contributed by atoms with Crippen molar-refractivity contribution in [3.63, 3.8) is 0 Å². The predicted molar refractivity (Wildman–Crippen MR) is 172 cm³/mol. The summed E-state index contributed by atoms with van der Waals surface area (Å²) in [6.45, 7) is 8.90. The quantitative estimate of drug-likeness (QED) is 0.337. The molecule has 0 spiro atoms. The van der Waals surface area contributed by atoms with E-state index >= 15 is 0 Å². The van der Waals surface area contributed by atoms with Crippen molar-refractivity contribution in [2.75, 3.05) is 27.2 Å². The summed E-state index contributed by atoms with van der Waals surface area (Å²) in [7, 11) is 3.49. The number of hydrogen-bond donors (Lipinski definition) is 5. The van der Waals surface area contributed by atoms with Gasteiger partial charge in [-0.05, 0) is 98.3 Å². The molecule has 2 fully saturated rings. The molecule has 1 heterocycles. The number of likely N-dealkylation sites (N-methyl/N-ethyl adjacent to an activating group) is 1. The number of allylic oxidation sites excluding steroid dienone is 1. The van der Waals surface area contributed by atoms with E-state index in [9.17, 15) is 30.0 Å². The smallest absolute Gasteiger partial charge is 0.251 e. The lowest BCUT2D eigenvalue weighted by Crippen LogP contribution is -2.61. The zero-order valence-electron chi connectivity index (χ0n) is 26.7. The van der Waals surface area contributed by atoms with Crippen LogP contribution in [0.1, 0.15) is 50.3 Å². The van der Waals surface area contributed by atoms with Gasteiger partial charge in [0.25, 0.3) is 5.91 Å². The van der Waals surface area contributed by atoms with Crippen molar-refractivity contribution in [3.05, 3.63) is 70.0 Å². The van der Waals surface area contributed by atoms with Crippen LogP contribution in [-0.2, 0) is 22.6 Å². The third-order valence-corrected chi connectivity index (χ3v) is 10.6. The number of likely N-dealkylation sites (tertiary alicyclic amines) is 1. The highest BCUT2D eigenvalue weighted by Crippen LogP contribution is 2.54. The van der Waals surface area contributed by atoms with Gasteiger partial charge >= 0.3 is 0 Å². The van der Waals surface area contributed by atoms with Crippen LogP contribution < -0.4 is 5.73 Å². The summed E-state index contributed by atoms with van der Waals surface area (Å²) in [6.07, 6.45) is 1.99. The number of phenolic OH excluding ortho intramolecular Hbond substituents is 1. The number of rotatable bonds is 5. The number of ketones is 1. The molecule has 5 unspecified atom stereocenters. The molecule has 1 saturated heterocycles. The number of phenols is 1. The number of hydrogen-bond acceptors (Lipinski definition) is 8. The first-order valence-electron chi connectivity index (χ1n) is 16.0. The maximum atomic E-state index is 14.3. The van der Waals surface area contributed by atoms with Gasteiger partial charge in [0.1, 0.15) is 22.9 Å². The van der Waals surface area contributed by atoms with E-state index in [0.717, 1.165) is 36.3 Å². The Morgan fingerprint density at radius 1 is 1.07 bits per heavy atom. The monoisotopic (exact) mass is 615 g/mol. The van der Waals surface area contributed by atoms with E-state index in [1.165, 1.54) is 18.9 Å². The van der Waals surface area contributed by atoms with Crippen molar-refractivity contribution in [2.24, 2.45) is 35.3 Å². The Morgan fingerprint density at radius 3 is 2.40 bits per heavy atom. The molecular formula is C36H45N3O6. The van der Waals surface area contributed by atoms with Gasteiger partial charge in [-0.2, -0.15) is 0 Å². The Kier molecular flexibility index (Phi) is 7.86. The van der Waals surface area contributed by atoms with Crippen molar-refractivity contribution in [3.8, 4) is 16.9 Å². The molecule has 0 aromatic heterocycles. The first-order valence-corrected chi connectivity index (χ1v) is 16.0. The highest BCUT2D eigenvalue weighted by molar-refractivity contribution is 6.08. The van der Waals surface area contributed by atoms with Gasteiger partial charge in [-0.25, -0.2) is 0 Å². The van der Waals surface area contributed by atoms with Gasteiger partial charge in [0, 0.05) is 25.2 Å². The molecule has 0 bridgehead atoms. The zero-order valence-corrected chi connectivity index (χ0v) is 26.7. The van der Waals surface area contributed by atoms with E-state index < -0.39 is 41.1 Å². The second-order valence-electron chi connectivity index (χ2n) is 14.4. The fraction of sp³-hybridized carbons (Fsp3) is 0.500. The number of piperidine rings is 1. The number of aliphatic hydroxyl groups excluding tert-OH is 2. The number of nitrogens with zero attached hydrogens (tertiary/aromatic N) is 2. The second-order valence-corrected chi connectivity index (χ2v) is 14.4. The number of fused-ring (bicyclic) bond motifs is 3. The molecular weight excluding hydrogens is 570 g/mol. The summed E-state index contributed by atoms with van der Waals surface area (Å²) in [4.78, 5) is 31.0. The number of primary amides is 1. The van der Waals surface area contributed by atoms with Crippen LogP contribution in [0.5, 0.6) is 5.75 Å². The highest BCUT2D eigenvalue weighted by Gasteiger charge is 2.60. The Hall–Kier alpha value is -3.66. The Balaban J connectivity index is 1.41. The minimum Gasteiger partial charge on any atom is -0.510 e. The van der Waals surface area contributed by atoms with Crippen LogP contribution in [-0.4, -0.2) is 80.7 Å². The second kappa shape index (κ2) is 11.3. The molecule has 6 N–H and O–H groups in total. The average molecular weight is 616 g/mol. The molecule has 1 saturated carbocycles. The molecule has 0 radical (unpaired) electrons. The van der Waals surface area contributed by atoms with Crippen LogP contribution in [0.3, 0.4) is 0 Å². The molecule has 3 aliphatic carbocycles. The van der Waals surface area contributed by atoms with E-state index in [1.807, 2.05) is 18.2 Å². The van der Waals surface area contributed by atoms with Crippen LogP contribution in [0.15, 0.2) is 53.3 Å². The molecule has 4 aliphatic rings. The number of nitrogens with two attached hydrogens (primary N) is 1. The minimum atomic E-state index is -2.04. The van der Waals surface area contributed by atoms with E-state index in [1.54, 1.807) is 25.1 Å². The van der Waals surface area contributed by atoms with Gasteiger partial charge in [-0.15, -0.1) is 0 Å². The SMILES string of the molecule is CC1CC(C)CN(Cc2cccc(-c3ccc(O)c4c3CC3CC5C(C(=O)C3=C4O)[C@](C)(O)C(C(N)=O)=C(O)[C@H]5N(C)C)c2)C1. The normalized spacial score (nSPS) is 31.9. The van der Waals surface area contributed by atoms with Crippen molar-refractivity contribution in [2.45, 2.75) is 58.2 Å². The molecule has 6 rings (SSSR count). The van der Waals surface area contributed by atoms with Gasteiger partial charge in [0.2, 0.25) is 0 Å². The largest absolute Gasteiger partial charge is 0.510 e. The summed E-state index contributed by atoms with van der Waals surface area (Å²) in [5.41, 5.74) is 7.34. The minimum absolute atomic E-state index is 0.128. The summed E-state index contributed by atoms with van der Waals surface area (Å²) in [6, 6.07) is 11.1. The molecule has 1 aliphatic heterocycles. The van der Waals surface area contributed by atoms with E-state index in [-0.39, 0.29) is 34.0 Å². The number of amides is 1. The topological polar surface area (TPSA) is 148 Å². The van der Waals surface area contributed by atoms with Gasteiger partial charge in [0.05, 0.1) is 23.1 Å². The van der Waals surface area contributed by atoms with Crippen molar-refractivity contribution < 1.29 is 30.0 Å². The number of Topliss-reactive ketones (excluding diaryl/α,β-unsaturated/α-hetero) is 1. The lowest BCUT2D eigenvalue weighted by atomic mass is 9.55. The average Bonchev–Trinajstić information content (AvgIpc) is 2.91. The van der Waals surface area contributed by atoms with Gasteiger partial charge in [-0.3, -0.25) is 19.4 Å². The highest BCUT2D eigenvalue weighted by atomic mass is 16.3. The van der Waals surface area contributed by atoms with Crippen LogP contribution in [0, 0.1) is 29.6 Å². The predicted octanol–water partition coefficient (Wildman–Crippen LogP) is 4.18. The Bertz CT molecular complexity index is 1610. The number of aromatic hydroxyl groups is 1. The van der Waals surface area contributed by atoms with Crippen LogP contribution in [0.4, 0.5) is 0 Å². The summed E-state index contributed by atoms with van der Waals surface area (Å²) in [5, 5.41) is 45.6. The Morgan fingerprint density at radius 2 is 1.76 bits per heavy atom. The van der Waals surface area contributed by atoms with Gasteiger partial charge in [-0.1, -0.05) is 38.1 Å². The van der Waals surface area contributed by atoms with E-state index in [2.05, 4.69) is 30.9 Å². The fourth-order valence-electron chi connectivity index (χ4n) is 9.17. The van der Waals surface area contributed by atoms with Crippen molar-refractivity contribution in [1.82, 2.24) is 9.80 Å². The lowest BCUT2D eigenvalue weighted by Gasteiger charge is -2.52. The molecule has 45 heavy (non-hydrogen) atoms. The van der Waals surface area contributed by atoms with Gasteiger partial charge in [0.15, 0.2) is 5.78 Å². The van der Waals surface area contributed by atoms with Crippen molar-refractivity contribution >= 4 is 17.4 Å². The van der Waals surface area contributed by atoms with E-state index in [0.29, 0.717) is 24.7 Å². The molecule has 9 nitrogen and oxygen atoms in total. The van der Waals surface area contributed by atoms with E-state index in [4.69, 9.17) is 5.73 Å². The van der Waals surface area contributed by atoms with Crippen LogP contribution in [0.2, 0.25) is 0 Å². The summed E-state index contributed by atoms with van der Waals surface area (Å²) < 4.78 is 0. The Labute approximate surface area is 264 Å². The summed E-state index contributed by atoms with van der Waals surface area (Å²) in [5.74, 6) is -3.04. The first-order chi connectivity index (χ1) is 21.2.